The van der Waals surface area contributed by atoms with E-state index in [-0.39, 0.29) is 0 Å². The molecule has 3 nitrogen and oxygen atoms in total. The summed E-state index contributed by atoms with van der Waals surface area (Å²) in [5.41, 5.74) is 0. The Balaban J connectivity index is 3.39. The smallest absolute Gasteiger partial charge is 0.374 e. The third kappa shape index (κ3) is 20.7. The van der Waals surface area contributed by atoms with E-state index >= 15 is 0 Å². The van der Waals surface area contributed by atoms with Crippen molar-refractivity contribution in [2.75, 3.05) is 25.7 Å². The van der Waals surface area contributed by atoms with Crippen LogP contribution in [0.3, 0.4) is 0 Å². The molecular formula is C26H55ClO3Si. The third-order valence-corrected chi connectivity index (χ3v) is 9.38. The average molecular weight is 479 g/mol. The molecule has 0 aromatic heterocycles. The highest BCUT2D eigenvalue weighted by molar-refractivity contribution is 6.60. The molecule has 0 heterocycles. The fourth-order valence-electron chi connectivity index (χ4n) is 4.27. The molecule has 0 atom stereocenters. The van der Waals surface area contributed by atoms with Gasteiger partial charge >= 0.3 is 8.80 Å². The molecular weight excluding hydrogens is 424 g/mol. The lowest BCUT2D eigenvalue weighted by Gasteiger charge is -2.28. The first-order valence-electron chi connectivity index (χ1n) is 13.7. The zero-order valence-electron chi connectivity index (χ0n) is 21.4. The highest BCUT2D eigenvalue weighted by atomic mass is 35.5. The lowest BCUT2D eigenvalue weighted by Crippen LogP contribution is -2.45. The van der Waals surface area contributed by atoms with Gasteiger partial charge in [-0.25, -0.2) is 0 Å². The summed E-state index contributed by atoms with van der Waals surface area (Å²) in [5.74, 6) is 0.834. The monoisotopic (exact) mass is 478 g/mol. The van der Waals surface area contributed by atoms with Gasteiger partial charge < -0.3 is 13.3 Å². The van der Waals surface area contributed by atoms with Gasteiger partial charge in [-0.05, 0) is 33.6 Å². The number of halogens is 1. The molecule has 0 amide bonds. The Bertz CT molecular complexity index is 328. The number of unbranched alkanes of at least 4 members (excludes halogenated alkanes) is 17. The molecule has 0 aliphatic heterocycles. The zero-order chi connectivity index (χ0) is 22.9. The molecule has 0 unspecified atom stereocenters. The Morgan fingerprint density at radius 1 is 0.419 bits per heavy atom. The first-order chi connectivity index (χ1) is 15.2. The lowest BCUT2D eigenvalue weighted by molar-refractivity contribution is 0.0706. The first-order valence-corrected chi connectivity index (χ1v) is 16.2. The fourth-order valence-corrected chi connectivity index (χ4v) is 7.14. The summed E-state index contributed by atoms with van der Waals surface area (Å²) in [4.78, 5) is 0. The standard InChI is InChI=1S/C26H55ClO3Si/c1-4-28-31(29-5-2,30-6-3)26-24-22-20-18-16-14-12-10-8-7-9-11-13-15-17-19-21-23-25-27/h4-26H2,1-3H3. The molecule has 0 N–H and O–H groups in total. The van der Waals surface area contributed by atoms with Crippen molar-refractivity contribution in [3.8, 4) is 0 Å². The maximum Gasteiger partial charge on any atom is 0.500 e. The fraction of sp³-hybridized carbons (Fsp3) is 1.00. The van der Waals surface area contributed by atoms with Crippen molar-refractivity contribution in [2.45, 2.75) is 142 Å². The predicted molar refractivity (Wildman–Crippen MR) is 139 cm³/mol. The van der Waals surface area contributed by atoms with Gasteiger partial charge in [-0.1, -0.05) is 103 Å². The van der Waals surface area contributed by atoms with Crippen molar-refractivity contribution >= 4 is 20.4 Å². The minimum atomic E-state index is -2.41. The van der Waals surface area contributed by atoms with Crippen LogP contribution in [0.25, 0.3) is 0 Å². The van der Waals surface area contributed by atoms with Crippen molar-refractivity contribution in [3.63, 3.8) is 0 Å². The molecule has 0 rings (SSSR count). The average Bonchev–Trinajstić information content (AvgIpc) is 2.76. The van der Waals surface area contributed by atoms with Gasteiger partial charge in [-0.2, -0.15) is 0 Å². The second kappa shape index (κ2) is 25.0. The van der Waals surface area contributed by atoms with Crippen LogP contribution < -0.4 is 0 Å². The Morgan fingerprint density at radius 3 is 0.935 bits per heavy atom. The summed E-state index contributed by atoms with van der Waals surface area (Å²) in [6.07, 6.45) is 24.7. The van der Waals surface area contributed by atoms with E-state index in [1.807, 2.05) is 20.8 Å². The van der Waals surface area contributed by atoms with Crippen LogP contribution in [-0.4, -0.2) is 34.5 Å². The predicted octanol–water partition coefficient (Wildman–Crippen LogP) is 9.30. The minimum Gasteiger partial charge on any atom is -0.374 e. The molecule has 0 spiro atoms. The van der Waals surface area contributed by atoms with Gasteiger partial charge in [-0.15, -0.1) is 11.6 Å². The van der Waals surface area contributed by atoms with Crippen LogP contribution in [0, 0.1) is 0 Å². The first kappa shape index (κ1) is 31.4. The lowest BCUT2D eigenvalue weighted by atomic mass is 10.0. The summed E-state index contributed by atoms with van der Waals surface area (Å²) in [5, 5.41) is 0. The van der Waals surface area contributed by atoms with Crippen LogP contribution >= 0.6 is 11.6 Å². The van der Waals surface area contributed by atoms with Gasteiger partial charge in [0.25, 0.3) is 0 Å². The molecule has 0 aromatic carbocycles. The van der Waals surface area contributed by atoms with Crippen LogP contribution in [0.2, 0.25) is 6.04 Å². The SMILES string of the molecule is CCO[Si](CCCCCCCCCCCCCCCCCCCCCl)(OCC)OCC. The summed E-state index contributed by atoms with van der Waals surface area (Å²) in [6, 6.07) is 0.969. The molecule has 5 heteroatoms. The van der Waals surface area contributed by atoms with E-state index in [0.717, 1.165) is 11.9 Å². The minimum absolute atomic E-state index is 0.682. The second-order valence-corrected chi connectivity index (χ2v) is 11.9. The van der Waals surface area contributed by atoms with Crippen LogP contribution in [0.5, 0.6) is 0 Å². The van der Waals surface area contributed by atoms with Gasteiger partial charge in [0.05, 0.1) is 0 Å². The van der Waals surface area contributed by atoms with E-state index in [4.69, 9.17) is 24.9 Å². The zero-order valence-corrected chi connectivity index (χ0v) is 23.1. The maximum absolute atomic E-state index is 5.94. The summed E-state index contributed by atoms with van der Waals surface area (Å²) < 4.78 is 17.8. The van der Waals surface area contributed by atoms with Gasteiger partial charge in [-0.3, -0.25) is 0 Å². The van der Waals surface area contributed by atoms with Crippen molar-refractivity contribution in [1.29, 1.82) is 0 Å². The molecule has 188 valence electrons. The highest BCUT2D eigenvalue weighted by Crippen LogP contribution is 2.21. The number of alkyl halides is 1. The molecule has 0 aromatic rings. The van der Waals surface area contributed by atoms with Crippen LogP contribution in [0.15, 0.2) is 0 Å². The van der Waals surface area contributed by atoms with E-state index in [9.17, 15) is 0 Å². The summed E-state index contributed by atoms with van der Waals surface area (Å²) >= 11 is 5.71. The Hall–Kier alpha value is 0.387. The molecule has 0 aliphatic carbocycles. The summed E-state index contributed by atoms with van der Waals surface area (Å²) in [7, 11) is -2.41. The Kier molecular flexibility index (Phi) is 25.3. The van der Waals surface area contributed by atoms with Crippen molar-refractivity contribution in [1.82, 2.24) is 0 Å². The van der Waals surface area contributed by atoms with E-state index < -0.39 is 8.80 Å². The largest absolute Gasteiger partial charge is 0.500 e. The van der Waals surface area contributed by atoms with E-state index in [2.05, 4.69) is 0 Å². The molecule has 0 saturated carbocycles. The van der Waals surface area contributed by atoms with Crippen LogP contribution in [-0.2, 0) is 13.3 Å². The van der Waals surface area contributed by atoms with Gasteiger partial charge in [0.15, 0.2) is 0 Å². The quantitative estimate of drug-likeness (QED) is 0.0703. The van der Waals surface area contributed by atoms with Crippen molar-refractivity contribution < 1.29 is 13.3 Å². The van der Waals surface area contributed by atoms with Crippen molar-refractivity contribution in [3.05, 3.63) is 0 Å². The number of hydrogen-bond donors (Lipinski definition) is 0. The van der Waals surface area contributed by atoms with E-state index in [1.54, 1.807) is 0 Å². The van der Waals surface area contributed by atoms with Gasteiger partial charge in [0, 0.05) is 31.7 Å². The normalized spacial score (nSPS) is 12.0. The maximum atomic E-state index is 5.94. The van der Waals surface area contributed by atoms with Crippen molar-refractivity contribution in [2.24, 2.45) is 0 Å². The van der Waals surface area contributed by atoms with Crippen LogP contribution in [0.4, 0.5) is 0 Å². The van der Waals surface area contributed by atoms with E-state index in [1.165, 1.54) is 116 Å². The highest BCUT2D eigenvalue weighted by Gasteiger charge is 2.39. The Morgan fingerprint density at radius 2 is 0.677 bits per heavy atom. The Labute approximate surface area is 201 Å². The molecule has 0 saturated heterocycles. The molecule has 31 heavy (non-hydrogen) atoms. The van der Waals surface area contributed by atoms with Crippen LogP contribution in [0.1, 0.15) is 136 Å². The molecule has 0 aliphatic rings. The van der Waals surface area contributed by atoms with E-state index in [0.29, 0.717) is 19.8 Å². The molecule has 0 radical (unpaired) electrons. The number of hydrogen-bond acceptors (Lipinski definition) is 3. The second-order valence-electron chi connectivity index (χ2n) is 8.78. The molecule has 0 fully saturated rings. The molecule has 0 bridgehead atoms. The third-order valence-electron chi connectivity index (χ3n) is 5.96. The topological polar surface area (TPSA) is 27.7 Å². The van der Waals surface area contributed by atoms with Gasteiger partial charge in [0.1, 0.15) is 0 Å². The van der Waals surface area contributed by atoms with Gasteiger partial charge in [0.2, 0.25) is 0 Å². The number of rotatable bonds is 26. The summed E-state index contributed by atoms with van der Waals surface area (Å²) in [6.45, 7) is 8.15.